The van der Waals surface area contributed by atoms with Crippen LogP contribution in [0, 0.1) is 23.0 Å². The molecular weight excluding hydrogens is 496 g/mol. The van der Waals surface area contributed by atoms with Gasteiger partial charge in [-0.3, -0.25) is 0 Å². The molecule has 3 aromatic heterocycles. The van der Waals surface area contributed by atoms with Gasteiger partial charge < -0.3 is 19.0 Å². The highest BCUT2D eigenvalue weighted by Gasteiger charge is 2.24. The van der Waals surface area contributed by atoms with Crippen molar-refractivity contribution in [3.05, 3.63) is 65.5 Å². The van der Waals surface area contributed by atoms with E-state index >= 15 is 0 Å². The number of aryl methyl sites for hydroxylation is 1. The van der Waals surface area contributed by atoms with Crippen molar-refractivity contribution in [2.45, 2.75) is 6.92 Å². The molecule has 12 heteroatoms. The molecule has 0 aliphatic carbocycles. The van der Waals surface area contributed by atoms with Crippen molar-refractivity contribution < 1.29 is 22.7 Å². The molecule has 0 bridgehead atoms. The maximum atomic E-state index is 14.8. The summed E-state index contributed by atoms with van der Waals surface area (Å²) in [5, 5.41) is 20.8. The number of esters is 1. The van der Waals surface area contributed by atoms with Crippen LogP contribution in [0.2, 0.25) is 0 Å². The molecular formula is C26H19F2N7O3. The number of carbonyl (C=O) groups is 1. The number of nitrogens with zero attached hydrogens (tertiary/aromatic N) is 6. The van der Waals surface area contributed by atoms with Crippen LogP contribution in [-0.2, 0) is 11.8 Å². The molecule has 5 aromatic rings. The minimum Gasteiger partial charge on any atom is -0.465 e. The third-order valence-electron chi connectivity index (χ3n) is 5.78. The molecule has 0 saturated heterocycles. The van der Waals surface area contributed by atoms with Crippen molar-refractivity contribution in [2.24, 2.45) is 7.05 Å². The second-order valence-electron chi connectivity index (χ2n) is 8.21. The first-order valence-electron chi connectivity index (χ1n) is 11.4. The smallest absolute Gasteiger partial charge is 0.341 e. The fourth-order valence-electron chi connectivity index (χ4n) is 4.02. The number of rotatable bonds is 6. The number of anilines is 1. The number of hydrogen-bond donors (Lipinski definition) is 1. The number of carbonyl (C=O) groups excluding carboxylic acids is 1. The van der Waals surface area contributed by atoms with E-state index in [1.807, 2.05) is 6.92 Å². The van der Waals surface area contributed by atoms with E-state index in [1.54, 1.807) is 48.3 Å². The zero-order chi connectivity index (χ0) is 27.0. The Morgan fingerprint density at radius 3 is 2.66 bits per heavy atom. The number of oxazole rings is 1. The van der Waals surface area contributed by atoms with E-state index in [4.69, 9.17) is 4.42 Å². The topological polar surface area (TPSA) is 132 Å². The number of fused-ring (bicyclic) bond motifs is 1. The van der Waals surface area contributed by atoms with Crippen molar-refractivity contribution in [3.63, 3.8) is 0 Å². The summed E-state index contributed by atoms with van der Waals surface area (Å²) in [4.78, 5) is 20.7. The zero-order valence-electron chi connectivity index (χ0n) is 20.4. The summed E-state index contributed by atoms with van der Waals surface area (Å²) in [7, 11) is 2.86. The second-order valence-corrected chi connectivity index (χ2v) is 8.21. The van der Waals surface area contributed by atoms with Gasteiger partial charge >= 0.3 is 5.97 Å². The average molecular weight is 515 g/mol. The molecule has 10 nitrogen and oxygen atoms in total. The summed E-state index contributed by atoms with van der Waals surface area (Å²) in [5.74, 6) is -2.88. The van der Waals surface area contributed by atoms with Gasteiger partial charge in [-0.05, 0) is 54.4 Å². The Labute approximate surface area is 214 Å². The van der Waals surface area contributed by atoms with E-state index in [2.05, 4.69) is 36.3 Å². The Bertz CT molecular complexity index is 1750. The number of pyridine rings is 1. The van der Waals surface area contributed by atoms with E-state index in [0.717, 1.165) is 13.2 Å². The quantitative estimate of drug-likeness (QED) is 0.319. The lowest BCUT2D eigenvalue weighted by molar-refractivity contribution is 0.0594. The van der Waals surface area contributed by atoms with E-state index in [9.17, 15) is 18.8 Å². The number of hydrogen-bond acceptors (Lipinski definition) is 9. The van der Waals surface area contributed by atoms with Gasteiger partial charge in [-0.1, -0.05) is 0 Å². The van der Waals surface area contributed by atoms with Crippen LogP contribution in [-0.4, -0.2) is 44.4 Å². The largest absolute Gasteiger partial charge is 0.465 e. The van der Waals surface area contributed by atoms with Crippen LogP contribution in [0.15, 0.2) is 47.1 Å². The van der Waals surface area contributed by atoms with Gasteiger partial charge in [0.15, 0.2) is 17.2 Å². The van der Waals surface area contributed by atoms with Crippen LogP contribution in [0.5, 0.6) is 0 Å². The van der Waals surface area contributed by atoms with Crippen LogP contribution >= 0.6 is 0 Å². The molecule has 0 spiro atoms. The summed E-state index contributed by atoms with van der Waals surface area (Å²) in [6, 6.07) is 11.8. The Morgan fingerprint density at radius 2 is 1.97 bits per heavy atom. The molecule has 0 saturated carbocycles. The fourth-order valence-corrected chi connectivity index (χ4v) is 4.02. The summed E-state index contributed by atoms with van der Waals surface area (Å²) in [6.45, 7) is 2.43. The lowest BCUT2D eigenvalue weighted by atomic mass is 9.96. The van der Waals surface area contributed by atoms with Gasteiger partial charge in [0.1, 0.15) is 28.9 Å². The van der Waals surface area contributed by atoms with Crippen molar-refractivity contribution in [2.75, 3.05) is 19.0 Å². The standard InChI is InChI=1S/C26H19F2N7O3/c1-4-30-20-9-14(16-7-13(11-29)5-6-15(16)24-34-31-12-35(24)2)8-19(32-20)25-33-18-10-17(26(36)37-3)21(27)22(28)23(18)38-25/h5-10,12H,4H2,1-3H3,(H,30,32). The number of ether oxygens (including phenoxy) is 1. The molecule has 190 valence electrons. The highest BCUT2D eigenvalue weighted by molar-refractivity contribution is 5.94. The Balaban J connectivity index is 1.72. The number of methoxy groups -OCH3 is 1. The Hall–Kier alpha value is -5.18. The van der Waals surface area contributed by atoms with Gasteiger partial charge in [-0.2, -0.15) is 9.65 Å². The molecule has 0 fully saturated rings. The third kappa shape index (κ3) is 4.20. The minimum absolute atomic E-state index is 0.0808. The molecule has 1 N–H and O–H groups in total. The lowest BCUT2D eigenvalue weighted by Crippen LogP contribution is -2.06. The van der Waals surface area contributed by atoms with E-state index in [-0.39, 0.29) is 17.1 Å². The Kier molecular flexibility index (Phi) is 6.26. The molecule has 0 radical (unpaired) electrons. The first-order chi connectivity index (χ1) is 18.3. The van der Waals surface area contributed by atoms with Gasteiger partial charge in [0.05, 0.1) is 18.7 Å². The highest BCUT2D eigenvalue weighted by atomic mass is 19.2. The molecule has 0 amide bonds. The van der Waals surface area contributed by atoms with Crippen molar-refractivity contribution in [1.29, 1.82) is 5.26 Å². The summed E-state index contributed by atoms with van der Waals surface area (Å²) >= 11 is 0. The fraction of sp³-hybridized carbons (Fsp3) is 0.154. The van der Waals surface area contributed by atoms with E-state index in [0.29, 0.717) is 40.4 Å². The zero-order valence-corrected chi connectivity index (χ0v) is 20.4. The predicted molar refractivity (Wildman–Crippen MR) is 133 cm³/mol. The van der Waals surface area contributed by atoms with Crippen LogP contribution in [0.1, 0.15) is 22.8 Å². The van der Waals surface area contributed by atoms with Crippen molar-refractivity contribution in [3.8, 4) is 40.2 Å². The monoisotopic (exact) mass is 515 g/mol. The summed E-state index contributed by atoms with van der Waals surface area (Å²) in [5.41, 5.74) is 1.47. The van der Waals surface area contributed by atoms with Gasteiger partial charge in [0, 0.05) is 19.2 Å². The lowest BCUT2D eigenvalue weighted by Gasteiger charge is -2.13. The number of aromatic nitrogens is 5. The number of nitriles is 1. The van der Waals surface area contributed by atoms with Crippen LogP contribution in [0.25, 0.3) is 45.2 Å². The normalized spacial score (nSPS) is 10.9. The second kappa shape index (κ2) is 9.70. The van der Waals surface area contributed by atoms with Crippen LogP contribution in [0.3, 0.4) is 0 Å². The highest BCUT2D eigenvalue weighted by Crippen LogP contribution is 2.36. The first-order valence-corrected chi connectivity index (χ1v) is 11.4. The molecule has 0 aliphatic rings. The van der Waals surface area contributed by atoms with Crippen molar-refractivity contribution in [1.82, 2.24) is 24.7 Å². The van der Waals surface area contributed by atoms with Gasteiger partial charge in [-0.15, -0.1) is 10.2 Å². The molecule has 2 aromatic carbocycles. The summed E-state index contributed by atoms with van der Waals surface area (Å²) < 4.78 is 41.1. The predicted octanol–water partition coefficient (Wildman–Crippen LogP) is 4.72. The number of halogens is 2. The Morgan fingerprint density at radius 1 is 1.16 bits per heavy atom. The van der Waals surface area contributed by atoms with Gasteiger partial charge in [0.2, 0.25) is 11.7 Å². The maximum Gasteiger partial charge on any atom is 0.341 e. The van der Waals surface area contributed by atoms with E-state index in [1.165, 1.54) is 0 Å². The van der Waals surface area contributed by atoms with Crippen molar-refractivity contribution >= 4 is 22.9 Å². The molecule has 38 heavy (non-hydrogen) atoms. The molecule has 0 aliphatic heterocycles. The van der Waals surface area contributed by atoms with Crippen LogP contribution < -0.4 is 5.32 Å². The maximum absolute atomic E-state index is 14.8. The third-order valence-corrected chi connectivity index (χ3v) is 5.78. The first kappa shape index (κ1) is 24.5. The number of nitrogens with one attached hydrogen (secondary N) is 1. The van der Waals surface area contributed by atoms with Gasteiger partial charge in [0.25, 0.3) is 0 Å². The summed E-state index contributed by atoms with van der Waals surface area (Å²) in [6.07, 6.45) is 1.56. The average Bonchev–Trinajstić information content (AvgIpc) is 3.56. The molecule has 0 atom stereocenters. The van der Waals surface area contributed by atoms with Crippen LogP contribution in [0.4, 0.5) is 14.6 Å². The molecule has 0 unspecified atom stereocenters. The molecule has 5 rings (SSSR count). The SMILES string of the molecule is CCNc1cc(-c2cc(C#N)ccc2-c2nncn2C)cc(-c2nc3cc(C(=O)OC)c(F)c(F)c3o2)n1. The number of benzene rings is 2. The van der Waals surface area contributed by atoms with E-state index < -0.39 is 28.8 Å². The minimum atomic E-state index is -1.40. The van der Waals surface area contributed by atoms with Gasteiger partial charge in [-0.25, -0.2) is 19.2 Å². The molecule has 3 heterocycles.